The highest BCUT2D eigenvalue weighted by molar-refractivity contribution is 6.30. The van der Waals surface area contributed by atoms with E-state index >= 15 is 0 Å². The zero-order valence-corrected chi connectivity index (χ0v) is 20.1. The summed E-state index contributed by atoms with van der Waals surface area (Å²) in [6.07, 6.45) is 0. The van der Waals surface area contributed by atoms with Crippen molar-refractivity contribution >= 4 is 40.6 Å². The Balaban J connectivity index is 1.51. The first kappa shape index (κ1) is 24.4. The highest BCUT2D eigenvalue weighted by atomic mass is 35.5. The van der Waals surface area contributed by atoms with Gasteiger partial charge in [0.15, 0.2) is 0 Å². The minimum atomic E-state index is -0.435. The molecule has 35 heavy (non-hydrogen) atoms. The highest BCUT2D eigenvalue weighted by Gasteiger charge is 2.18. The van der Waals surface area contributed by atoms with E-state index in [1.165, 1.54) is 0 Å². The van der Waals surface area contributed by atoms with E-state index in [-0.39, 0.29) is 5.91 Å². The number of urea groups is 1. The van der Waals surface area contributed by atoms with Crippen LogP contribution in [0.25, 0.3) is 0 Å². The summed E-state index contributed by atoms with van der Waals surface area (Å²) in [5, 5.41) is 9.11. The summed E-state index contributed by atoms with van der Waals surface area (Å²) in [6.45, 7) is 2.91. The highest BCUT2D eigenvalue weighted by Crippen LogP contribution is 2.29. The smallest absolute Gasteiger partial charge is 0.323 e. The van der Waals surface area contributed by atoms with Crippen LogP contribution in [0, 0.1) is 0 Å². The van der Waals surface area contributed by atoms with Crippen molar-refractivity contribution in [2.45, 2.75) is 6.54 Å². The molecule has 0 unspecified atom stereocenters. The van der Waals surface area contributed by atoms with Crippen molar-refractivity contribution in [2.24, 2.45) is 0 Å². The monoisotopic (exact) mass is 494 g/mol. The SMILES string of the molecule is COc1cccc(CNC(=O)c2ccc(N3CCOCC3)c(NC(=O)Nc3cccc(Cl)c3)c2)c1. The first-order valence-electron chi connectivity index (χ1n) is 11.2. The summed E-state index contributed by atoms with van der Waals surface area (Å²) >= 11 is 6.02. The third-order valence-electron chi connectivity index (χ3n) is 5.53. The van der Waals surface area contributed by atoms with Gasteiger partial charge in [-0.1, -0.05) is 29.8 Å². The van der Waals surface area contributed by atoms with Gasteiger partial charge in [-0.15, -0.1) is 0 Å². The number of rotatable bonds is 7. The van der Waals surface area contributed by atoms with Crippen LogP contribution in [0.1, 0.15) is 15.9 Å². The molecule has 1 saturated heterocycles. The van der Waals surface area contributed by atoms with Crippen LogP contribution in [0.2, 0.25) is 5.02 Å². The number of amides is 3. The average molecular weight is 495 g/mol. The summed E-state index contributed by atoms with van der Waals surface area (Å²) < 4.78 is 10.7. The number of nitrogens with one attached hydrogen (secondary N) is 3. The molecule has 3 aromatic rings. The number of halogens is 1. The fraction of sp³-hybridized carbons (Fsp3) is 0.231. The van der Waals surface area contributed by atoms with E-state index in [0.29, 0.717) is 54.8 Å². The minimum absolute atomic E-state index is 0.250. The maximum Gasteiger partial charge on any atom is 0.323 e. The van der Waals surface area contributed by atoms with Gasteiger partial charge >= 0.3 is 6.03 Å². The molecule has 9 heteroatoms. The lowest BCUT2D eigenvalue weighted by atomic mass is 10.1. The van der Waals surface area contributed by atoms with Crippen molar-refractivity contribution in [3.05, 3.63) is 82.9 Å². The largest absolute Gasteiger partial charge is 0.497 e. The minimum Gasteiger partial charge on any atom is -0.497 e. The van der Waals surface area contributed by atoms with Crippen molar-refractivity contribution in [1.82, 2.24) is 5.32 Å². The van der Waals surface area contributed by atoms with Gasteiger partial charge < -0.3 is 30.3 Å². The first-order chi connectivity index (χ1) is 17.0. The van der Waals surface area contributed by atoms with Gasteiger partial charge in [-0.2, -0.15) is 0 Å². The lowest BCUT2D eigenvalue weighted by Crippen LogP contribution is -2.37. The molecule has 1 aliphatic heterocycles. The summed E-state index contributed by atoms with van der Waals surface area (Å²) in [5.41, 5.74) is 3.26. The summed E-state index contributed by atoms with van der Waals surface area (Å²) in [6, 6.07) is 19.3. The van der Waals surface area contributed by atoms with Gasteiger partial charge in [0.2, 0.25) is 0 Å². The van der Waals surface area contributed by atoms with Gasteiger partial charge in [-0.3, -0.25) is 4.79 Å². The van der Waals surface area contributed by atoms with Gasteiger partial charge in [0.05, 0.1) is 31.7 Å². The fourth-order valence-electron chi connectivity index (χ4n) is 3.78. The molecule has 182 valence electrons. The summed E-state index contributed by atoms with van der Waals surface area (Å²) in [7, 11) is 1.60. The lowest BCUT2D eigenvalue weighted by Gasteiger charge is -2.30. The molecule has 3 amide bonds. The molecule has 3 aromatic carbocycles. The fourth-order valence-corrected chi connectivity index (χ4v) is 3.97. The second-order valence-electron chi connectivity index (χ2n) is 7.96. The van der Waals surface area contributed by atoms with Gasteiger partial charge in [0, 0.05) is 35.9 Å². The zero-order chi connectivity index (χ0) is 24.6. The maximum absolute atomic E-state index is 12.9. The molecule has 0 aromatic heterocycles. The van der Waals surface area contributed by atoms with Crippen LogP contribution in [0.4, 0.5) is 21.9 Å². The maximum atomic E-state index is 12.9. The van der Waals surface area contributed by atoms with Crippen molar-refractivity contribution in [2.75, 3.05) is 48.9 Å². The predicted octanol–water partition coefficient (Wildman–Crippen LogP) is 4.76. The van der Waals surface area contributed by atoms with E-state index in [0.717, 1.165) is 17.0 Å². The molecule has 8 nitrogen and oxygen atoms in total. The number of hydrogen-bond donors (Lipinski definition) is 3. The van der Waals surface area contributed by atoms with Crippen molar-refractivity contribution in [1.29, 1.82) is 0 Å². The molecule has 1 aliphatic rings. The quantitative estimate of drug-likeness (QED) is 0.440. The van der Waals surface area contributed by atoms with Gasteiger partial charge in [-0.05, 0) is 54.1 Å². The molecule has 0 saturated carbocycles. The lowest BCUT2D eigenvalue weighted by molar-refractivity contribution is 0.0950. The molecule has 0 aliphatic carbocycles. The third kappa shape index (κ3) is 6.65. The summed E-state index contributed by atoms with van der Waals surface area (Å²) in [5.74, 6) is 0.475. The van der Waals surface area contributed by atoms with Crippen LogP contribution in [0.3, 0.4) is 0 Å². The molecule has 1 fully saturated rings. The molecule has 0 atom stereocenters. The summed E-state index contributed by atoms with van der Waals surface area (Å²) in [4.78, 5) is 27.8. The molecule has 0 bridgehead atoms. The van der Waals surface area contributed by atoms with E-state index in [1.54, 1.807) is 43.5 Å². The van der Waals surface area contributed by atoms with E-state index in [4.69, 9.17) is 21.1 Å². The second-order valence-corrected chi connectivity index (χ2v) is 8.39. The number of carbonyl (C=O) groups is 2. The number of nitrogens with zero attached hydrogens (tertiary/aromatic N) is 1. The predicted molar refractivity (Wildman–Crippen MR) is 138 cm³/mol. The van der Waals surface area contributed by atoms with E-state index in [9.17, 15) is 9.59 Å². The van der Waals surface area contributed by atoms with E-state index in [2.05, 4.69) is 20.9 Å². The molecule has 4 rings (SSSR count). The number of anilines is 3. The standard InChI is InChI=1S/C26H27ClN4O4/c1-34-22-7-2-4-18(14-22)17-28-25(32)19-8-9-24(31-10-12-35-13-11-31)23(15-19)30-26(33)29-21-6-3-5-20(27)16-21/h2-9,14-16H,10-13,17H2,1H3,(H,28,32)(H2,29,30,33). The van der Waals surface area contributed by atoms with Crippen LogP contribution in [0.5, 0.6) is 5.75 Å². The van der Waals surface area contributed by atoms with Gasteiger partial charge in [0.1, 0.15) is 5.75 Å². The van der Waals surface area contributed by atoms with E-state index < -0.39 is 6.03 Å². The number of morpholine rings is 1. The van der Waals surface area contributed by atoms with E-state index in [1.807, 2.05) is 30.3 Å². The average Bonchev–Trinajstić information content (AvgIpc) is 2.88. The number of ether oxygens (including phenoxy) is 2. The Labute approximate surface area is 209 Å². The molecule has 1 heterocycles. The first-order valence-corrected chi connectivity index (χ1v) is 11.6. The van der Waals surface area contributed by atoms with Crippen LogP contribution in [0.15, 0.2) is 66.7 Å². The topological polar surface area (TPSA) is 91.9 Å². The molecular formula is C26H27ClN4O4. The normalized spacial score (nSPS) is 13.1. The number of benzene rings is 3. The van der Waals surface area contributed by atoms with Gasteiger partial charge in [-0.25, -0.2) is 4.79 Å². The number of methoxy groups -OCH3 is 1. The molecule has 0 spiro atoms. The molecular weight excluding hydrogens is 468 g/mol. The third-order valence-corrected chi connectivity index (χ3v) is 5.76. The Morgan fingerprint density at radius 2 is 1.80 bits per heavy atom. The van der Waals surface area contributed by atoms with Gasteiger partial charge in [0.25, 0.3) is 5.91 Å². The van der Waals surface area contributed by atoms with Crippen molar-refractivity contribution in [3.63, 3.8) is 0 Å². The Hall–Kier alpha value is -3.75. The Kier molecular flexibility index (Phi) is 8.07. The van der Waals surface area contributed by atoms with Crippen molar-refractivity contribution in [3.8, 4) is 5.75 Å². The Bertz CT molecular complexity index is 1200. The van der Waals surface area contributed by atoms with Crippen LogP contribution in [-0.2, 0) is 11.3 Å². The molecule has 3 N–H and O–H groups in total. The number of carbonyl (C=O) groups excluding carboxylic acids is 2. The zero-order valence-electron chi connectivity index (χ0n) is 19.3. The van der Waals surface area contributed by atoms with Crippen molar-refractivity contribution < 1.29 is 19.1 Å². The Morgan fingerprint density at radius 3 is 2.57 bits per heavy atom. The van der Waals surface area contributed by atoms with Crippen LogP contribution >= 0.6 is 11.6 Å². The Morgan fingerprint density at radius 1 is 1.00 bits per heavy atom. The molecule has 0 radical (unpaired) electrons. The number of hydrogen-bond acceptors (Lipinski definition) is 5. The van der Waals surface area contributed by atoms with Crippen LogP contribution < -0.4 is 25.6 Å². The second kappa shape index (κ2) is 11.6. The van der Waals surface area contributed by atoms with Crippen LogP contribution in [-0.4, -0.2) is 45.4 Å².